The fraction of sp³-hybridized carbons (Fsp3) is 0.0833. The van der Waals surface area contributed by atoms with Gasteiger partial charge in [-0.15, -0.1) is 0 Å². The van der Waals surface area contributed by atoms with Crippen LogP contribution in [0.5, 0.6) is 5.75 Å². The van der Waals surface area contributed by atoms with Gasteiger partial charge in [-0.2, -0.15) is 18.4 Å². The van der Waals surface area contributed by atoms with Gasteiger partial charge in [0, 0.05) is 5.56 Å². The smallest absolute Gasteiger partial charge is 0.416 e. The van der Waals surface area contributed by atoms with E-state index in [1.54, 1.807) is 18.2 Å². The predicted octanol–water partition coefficient (Wildman–Crippen LogP) is 4.95. The summed E-state index contributed by atoms with van der Waals surface area (Å²) < 4.78 is 40.3. The topological polar surface area (TPSA) is 108 Å². The van der Waals surface area contributed by atoms with Crippen molar-refractivity contribution in [3.63, 3.8) is 0 Å². The average Bonchev–Trinajstić information content (AvgIpc) is 2.82. The number of nitriles is 1. The summed E-state index contributed by atoms with van der Waals surface area (Å²) in [5.41, 5.74) is -1.05. The Morgan fingerprint density at radius 2 is 1.91 bits per heavy atom. The van der Waals surface area contributed by atoms with Gasteiger partial charge in [-0.05, 0) is 42.0 Å². The minimum atomic E-state index is -4.53. The number of rotatable bonds is 4. The number of aromatic hydroxyl groups is 1. The van der Waals surface area contributed by atoms with Crippen LogP contribution >= 0.6 is 11.6 Å². The molecule has 4 rings (SSSR count). The van der Waals surface area contributed by atoms with E-state index in [-0.39, 0.29) is 44.8 Å². The third kappa shape index (κ3) is 4.81. The van der Waals surface area contributed by atoms with Crippen molar-refractivity contribution in [2.24, 2.45) is 0 Å². The Kier molecular flexibility index (Phi) is 6.20. The molecule has 0 fully saturated rings. The molecule has 1 aromatic heterocycles. The Labute approximate surface area is 200 Å². The van der Waals surface area contributed by atoms with Crippen molar-refractivity contribution < 1.29 is 23.1 Å². The summed E-state index contributed by atoms with van der Waals surface area (Å²) in [4.78, 5) is 30.2. The van der Waals surface area contributed by atoms with Crippen molar-refractivity contribution in [2.45, 2.75) is 12.7 Å². The molecule has 0 saturated heterocycles. The maximum Gasteiger partial charge on any atom is 0.416 e. The molecular formula is C24H14ClF3N4O3. The molecule has 0 saturated carbocycles. The maximum atomic E-state index is 13.2. The van der Waals surface area contributed by atoms with Gasteiger partial charge in [-0.25, -0.2) is 4.98 Å². The first-order valence-corrected chi connectivity index (χ1v) is 10.3. The summed E-state index contributed by atoms with van der Waals surface area (Å²) in [5, 5.41) is 21.3. The van der Waals surface area contributed by atoms with Crippen LogP contribution < -0.4 is 10.9 Å². The normalized spacial score (nSPS) is 11.3. The quantitative estimate of drug-likeness (QED) is 0.414. The van der Waals surface area contributed by atoms with Crippen LogP contribution in [-0.4, -0.2) is 20.6 Å². The summed E-state index contributed by atoms with van der Waals surface area (Å²) in [7, 11) is 0. The SMILES string of the molecule is N#Cc1cc(C(=O)Nc2cccc3ncn(Cc4cccc(C(F)(F)F)c4)c(=O)c23)cc(Cl)c1O. The highest BCUT2D eigenvalue weighted by atomic mass is 35.5. The Morgan fingerprint density at radius 1 is 1.17 bits per heavy atom. The number of aromatic nitrogens is 2. The summed E-state index contributed by atoms with van der Waals surface area (Å²) in [6.45, 7) is -0.174. The van der Waals surface area contributed by atoms with Crippen molar-refractivity contribution >= 4 is 34.1 Å². The molecule has 2 N–H and O–H groups in total. The number of phenols is 1. The lowest BCUT2D eigenvalue weighted by atomic mass is 10.1. The number of hydrogen-bond acceptors (Lipinski definition) is 5. The van der Waals surface area contributed by atoms with Gasteiger partial charge in [0.05, 0.1) is 45.6 Å². The number of anilines is 1. The molecule has 1 heterocycles. The van der Waals surface area contributed by atoms with Crippen LogP contribution in [-0.2, 0) is 12.7 Å². The van der Waals surface area contributed by atoms with Gasteiger partial charge in [0.25, 0.3) is 11.5 Å². The lowest BCUT2D eigenvalue weighted by Crippen LogP contribution is -2.23. The zero-order chi connectivity index (χ0) is 25.3. The number of fused-ring (bicyclic) bond motifs is 1. The molecule has 0 unspecified atom stereocenters. The molecule has 0 spiro atoms. The fourth-order valence-corrected chi connectivity index (χ4v) is 3.69. The molecule has 11 heteroatoms. The van der Waals surface area contributed by atoms with Gasteiger partial charge in [0.2, 0.25) is 0 Å². The highest BCUT2D eigenvalue weighted by molar-refractivity contribution is 6.32. The van der Waals surface area contributed by atoms with Crippen molar-refractivity contribution in [3.8, 4) is 11.8 Å². The lowest BCUT2D eigenvalue weighted by molar-refractivity contribution is -0.137. The van der Waals surface area contributed by atoms with Gasteiger partial charge in [-0.1, -0.05) is 29.8 Å². The fourth-order valence-electron chi connectivity index (χ4n) is 3.47. The number of carbonyl (C=O) groups excluding carboxylic acids is 1. The molecule has 176 valence electrons. The van der Waals surface area contributed by atoms with Crippen LogP contribution in [0.3, 0.4) is 0 Å². The zero-order valence-electron chi connectivity index (χ0n) is 17.6. The molecule has 0 aliphatic heterocycles. The molecule has 0 bridgehead atoms. The van der Waals surface area contributed by atoms with Gasteiger partial charge >= 0.3 is 6.18 Å². The van der Waals surface area contributed by atoms with E-state index in [1.807, 2.05) is 0 Å². The monoisotopic (exact) mass is 498 g/mol. The first kappa shape index (κ1) is 23.8. The first-order chi connectivity index (χ1) is 16.6. The highest BCUT2D eigenvalue weighted by Crippen LogP contribution is 2.30. The van der Waals surface area contributed by atoms with E-state index >= 15 is 0 Å². The molecule has 0 radical (unpaired) electrons. The van der Waals surface area contributed by atoms with Gasteiger partial charge in [0.1, 0.15) is 6.07 Å². The minimum absolute atomic E-state index is 0.0328. The van der Waals surface area contributed by atoms with Gasteiger partial charge < -0.3 is 10.4 Å². The summed E-state index contributed by atoms with van der Waals surface area (Å²) >= 11 is 5.89. The van der Waals surface area contributed by atoms with Crippen molar-refractivity contribution in [2.75, 3.05) is 5.32 Å². The Balaban J connectivity index is 1.72. The molecule has 35 heavy (non-hydrogen) atoms. The number of halogens is 4. The largest absolute Gasteiger partial charge is 0.505 e. The standard InChI is InChI=1S/C24H14ClF3N4O3/c25-17-9-14(8-15(10-29)21(17)33)22(34)31-19-6-2-5-18-20(19)23(35)32(12-30-18)11-13-3-1-4-16(7-13)24(26,27)28/h1-9,12,33H,11H2,(H,31,34). The summed E-state index contributed by atoms with van der Waals surface area (Å²) in [6, 6.07) is 13.2. The lowest BCUT2D eigenvalue weighted by Gasteiger charge is -2.12. The van der Waals surface area contributed by atoms with Crippen LogP contribution in [0.4, 0.5) is 18.9 Å². The highest BCUT2D eigenvalue weighted by Gasteiger charge is 2.30. The molecule has 0 atom stereocenters. The number of carbonyl (C=O) groups is 1. The van der Waals surface area contributed by atoms with Gasteiger partial charge in [0.15, 0.2) is 5.75 Å². The first-order valence-electron chi connectivity index (χ1n) is 9.96. The average molecular weight is 499 g/mol. The number of nitrogens with one attached hydrogen (secondary N) is 1. The Morgan fingerprint density at radius 3 is 2.63 bits per heavy atom. The van der Waals surface area contributed by atoms with Crippen LogP contribution in [0.15, 0.2) is 65.7 Å². The van der Waals surface area contributed by atoms with E-state index in [2.05, 4.69) is 10.3 Å². The molecular weight excluding hydrogens is 485 g/mol. The Bertz CT molecular complexity index is 1580. The van der Waals surface area contributed by atoms with E-state index < -0.39 is 29.0 Å². The van der Waals surface area contributed by atoms with E-state index in [0.717, 1.165) is 22.8 Å². The van der Waals surface area contributed by atoms with E-state index in [0.29, 0.717) is 0 Å². The van der Waals surface area contributed by atoms with E-state index in [4.69, 9.17) is 16.9 Å². The number of amides is 1. The van der Waals surface area contributed by atoms with Crippen molar-refractivity contribution in [3.05, 3.63) is 98.6 Å². The molecule has 7 nitrogen and oxygen atoms in total. The summed E-state index contributed by atoms with van der Waals surface area (Å²) in [6.07, 6.45) is -3.31. The number of alkyl halides is 3. The number of phenolic OH excluding ortho intramolecular Hbond substituents is 1. The van der Waals surface area contributed by atoms with Crippen LogP contribution in [0, 0.1) is 11.3 Å². The molecule has 3 aromatic carbocycles. The molecule has 4 aromatic rings. The minimum Gasteiger partial charge on any atom is -0.505 e. The van der Waals surface area contributed by atoms with E-state index in [9.17, 15) is 27.9 Å². The van der Waals surface area contributed by atoms with Crippen LogP contribution in [0.2, 0.25) is 5.02 Å². The third-order valence-corrected chi connectivity index (χ3v) is 5.44. The van der Waals surface area contributed by atoms with Crippen LogP contribution in [0.1, 0.15) is 27.0 Å². The second-order valence-corrected chi connectivity index (χ2v) is 7.90. The van der Waals surface area contributed by atoms with Crippen molar-refractivity contribution in [1.29, 1.82) is 5.26 Å². The number of hydrogen-bond donors (Lipinski definition) is 2. The maximum absolute atomic E-state index is 13.2. The second-order valence-electron chi connectivity index (χ2n) is 7.50. The van der Waals surface area contributed by atoms with Crippen molar-refractivity contribution in [1.82, 2.24) is 9.55 Å². The molecule has 1 amide bonds. The zero-order valence-corrected chi connectivity index (χ0v) is 18.4. The number of nitrogens with zero attached hydrogens (tertiary/aromatic N) is 3. The van der Waals surface area contributed by atoms with Gasteiger partial charge in [-0.3, -0.25) is 14.2 Å². The third-order valence-electron chi connectivity index (χ3n) is 5.15. The molecule has 0 aliphatic carbocycles. The number of benzene rings is 3. The van der Waals surface area contributed by atoms with Crippen LogP contribution in [0.25, 0.3) is 10.9 Å². The second kappa shape index (κ2) is 9.12. The Hall–Kier alpha value is -4.36. The molecule has 0 aliphatic rings. The van der Waals surface area contributed by atoms with E-state index in [1.165, 1.54) is 30.6 Å². The summed E-state index contributed by atoms with van der Waals surface area (Å²) in [5.74, 6) is -1.17. The predicted molar refractivity (Wildman–Crippen MR) is 122 cm³/mol.